The van der Waals surface area contributed by atoms with Crippen LogP contribution in [0.4, 0.5) is 0 Å². The molecule has 568 valence electrons. The lowest BCUT2D eigenvalue weighted by molar-refractivity contribution is -0.155. The van der Waals surface area contributed by atoms with Crippen molar-refractivity contribution in [2.24, 2.45) is 17.8 Å². The van der Waals surface area contributed by atoms with E-state index in [0.29, 0.717) is 52.2 Å². The van der Waals surface area contributed by atoms with Gasteiger partial charge in [0.1, 0.15) is 48.3 Å². The Morgan fingerprint density at radius 3 is 1.70 bits per heavy atom. The third-order valence-corrected chi connectivity index (χ3v) is 21.3. The van der Waals surface area contributed by atoms with Crippen LogP contribution in [-0.4, -0.2) is 255 Å². The molecule has 0 unspecified atom stereocenters. The van der Waals surface area contributed by atoms with Crippen LogP contribution in [0.25, 0.3) is 0 Å². The van der Waals surface area contributed by atoms with Gasteiger partial charge < -0.3 is 70.3 Å². The van der Waals surface area contributed by atoms with E-state index in [-0.39, 0.29) is 83.0 Å². The molecule has 5 aliphatic rings. The molecule has 1 saturated carbocycles. The second-order valence-corrected chi connectivity index (χ2v) is 32.0. The number of hydrogen-bond donors (Lipinski definition) is 5. The Kier molecular flexibility index (Phi) is 26.7. The van der Waals surface area contributed by atoms with Gasteiger partial charge in [0.15, 0.2) is 5.54 Å². The van der Waals surface area contributed by atoms with E-state index in [9.17, 15) is 9.90 Å². The van der Waals surface area contributed by atoms with Crippen LogP contribution < -0.4 is 21.3 Å². The Bertz CT molecular complexity index is 3680. The number of ether oxygens (including phenoxy) is 1. The van der Waals surface area contributed by atoms with Gasteiger partial charge in [0.25, 0.3) is 5.91 Å². The van der Waals surface area contributed by atoms with E-state index in [2.05, 4.69) is 21.3 Å². The molecule has 11 atom stereocenters. The van der Waals surface area contributed by atoms with E-state index in [1.165, 1.54) is 66.7 Å². The smallest absolute Gasteiger partial charge is 0.251 e. The highest BCUT2D eigenvalue weighted by Crippen LogP contribution is 2.49. The highest BCUT2D eigenvalue weighted by Gasteiger charge is 2.71. The molecule has 104 heavy (non-hydrogen) atoms. The second-order valence-electron chi connectivity index (χ2n) is 31.6. The summed E-state index contributed by atoms with van der Waals surface area (Å²) in [5.41, 5.74) is -1.82. The normalized spacial score (nSPS) is 28.5. The molecule has 5 N–H and O–H groups in total. The van der Waals surface area contributed by atoms with Gasteiger partial charge in [-0.15, -0.1) is 0 Å². The van der Waals surface area contributed by atoms with E-state index in [1.54, 1.807) is 85.3 Å². The molecular formula is C78H111ClN12O13. The summed E-state index contributed by atoms with van der Waals surface area (Å²) in [5, 5.41) is 24.6. The van der Waals surface area contributed by atoms with Crippen LogP contribution in [0.5, 0.6) is 0 Å². The number of carbonyl (C=O) groups is 11. The molecule has 4 aliphatic heterocycles. The van der Waals surface area contributed by atoms with Gasteiger partial charge in [0.2, 0.25) is 59.1 Å². The first-order valence-electron chi connectivity index (χ1n) is 36.6. The zero-order valence-electron chi connectivity index (χ0n) is 63.6. The predicted molar refractivity (Wildman–Crippen MR) is 394 cm³/mol. The summed E-state index contributed by atoms with van der Waals surface area (Å²) in [6.07, 6.45) is 0.346. The summed E-state index contributed by atoms with van der Waals surface area (Å²) in [4.78, 5) is 182. The van der Waals surface area contributed by atoms with Gasteiger partial charge in [-0.3, -0.25) is 52.7 Å². The Balaban J connectivity index is 1.36. The molecule has 1 spiro atoms. The monoisotopic (exact) mass is 1460 g/mol. The first-order chi connectivity index (χ1) is 48.8. The average molecular weight is 1460 g/mol. The first kappa shape index (κ1) is 81.3. The highest BCUT2D eigenvalue weighted by molar-refractivity contribution is 6.30. The number of benzene rings is 3. The molecule has 26 heteroatoms. The van der Waals surface area contributed by atoms with Gasteiger partial charge in [-0.25, -0.2) is 0 Å². The molecule has 0 aromatic heterocycles. The number of carbonyl (C=O) groups excluding carboxylic acids is 11. The topological polar surface area (TPSA) is 291 Å². The van der Waals surface area contributed by atoms with Crippen molar-refractivity contribution in [3.05, 3.63) is 118 Å². The summed E-state index contributed by atoms with van der Waals surface area (Å²) < 4.78 is 6.63. The fourth-order valence-electron chi connectivity index (χ4n) is 15.1. The number of fused-ring (bicyclic) bond motifs is 2. The summed E-state index contributed by atoms with van der Waals surface area (Å²) in [7, 11) is 8.78. The number of nitrogens with zero attached hydrogens (tertiary/aromatic N) is 8. The van der Waals surface area contributed by atoms with Crippen molar-refractivity contribution < 1.29 is 62.6 Å². The first-order valence-corrected chi connectivity index (χ1v) is 37.0. The molecule has 8 rings (SSSR count). The zero-order chi connectivity index (χ0) is 76.6. The fraction of sp³-hybridized carbons (Fsp3) is 0.603. The number of halogens is 1. The minimum absolute atomic E-state index is 0.0144. The van der Waals surface area contributed by atoms with Gasteiger partial charge in [-0.1, -0.05) is 126 Å². The Labute approximate surface area is 618 Å². The molecule has 1 aliphatic carbocycles. The maximum Gasteiger partial charge on any atom is 0.251 e. The van der Waals surface area contributed by atoms with E-state index in [1.807, 2.05) is 78.8 Å². The van der Waals surface area contributed by atoms with Crippen LogP contribution in [0.2, 0.25) is 5.02 Å². The third kappa shape index (κ3) is 19.4. The number of nitrogens with one attached hydrogen (secondary N) is 4. The molecule has 4 heterocycles. The molecule has 11 amide bonds. The van der Waals surface area contributed by atoms with E-state index < -0.39 is 155 Å². The lowest BCUT2D eigenvalue weighted by atomic mass is 9.93. The Morgan fingerprint density at radius 1 is 0.567 bits per heavy atom. The molecular weight excluding hydrogens is 1350 g/mol. The lowest BCUT2D eigenvalue weighted by Crippen LogP contribution is -2.62. The Morgan fingerprint density at radius 2 is 1.12 bits per heavy atom. The van der Waals surface area contributed by atoms with Gasteiger partial charge >= 0.3 is 0 Å². The average Bonchev–Trinajstić information content (AvgIpc) is 1.54. The van der Waals surface area contributed by atoms with Crippen molar-refractivity contribution in [2.75, 3.05) is 75.1 Å². The second kappa shape index (κ2) is 34.2. The van der Waals surface area contributed by atoms with Crippen molar-refractivity contribution in [1.82, 2.24) is 60.5 Å². The molecule has 3 aromatic carbocycles. The quantitative estimate of drug-likeness (QED) is 0.155. The van der Waals surface area contributed by atoms with Gasteiger partial charge in [-0.05, 0) is 118 Å². The standard InChI is InChI=1S/C78H111ClN12O13/c1-47(2)36-59-69(96)83-78(46-77(78,10)103)75(102)84(11)44-64(93)89(16)65(49(5)6)70(97)81-56(40-51-28-21-18-22-29-51)71(98)86(13)61(41-52-30-23-32-54(79)38-52)73(100)87(14)60(37-48(3)4)72(99)88(15)62-42-63(92)91-35-25-33-58(91)68(95)80-55(39-50-26-19-17-20-27-50)67(94)82-57(45-104-76(7,8)9)66(85(59)12)53-31-24-34-90(43-53)74(62)101/h17-23,26-30,32,38,47-49,55-62,65,103H,24-25,31,33-37,39-46H2,1-16H3,(H,80,95)(H,81,97)(H,82,94)(H,83,96)/b66-53-/t55-,56-,57-,58+,59-,60-,61-,62-,65-,77+,78+/m0/s1. The van der Waals surface area contributed by atoms with Crippen LogP contribution >= 0.6 is 11.6 Å². The van der Waals surface area contributed by atoms with Crippen molar-refractivity contribution >= 4 is 76.6 Å². The maximum absolute atomic E-state index is 16.2. The highest BCUT2D eigenvalue weighted by atomic mass is 35.5. The Hall–Kier alpha value is -8.42. The van der Waals surface area contributed by atoms with Gasteiger partial charge in [-0.2, -0.15) is 0 Å². The summed E-state index contributed by atoms with van der Waals surface area (Å²) in [6.45, 7) is 17.2. The molecule has 3 fully saturated rings. The fourth-order valence-corrected chi connectivity index (χ4v) is 15.4. The van der Waals surface area contributed by atoms with Crippen LogP contribution in [-0.2, 0) is 76.7 Å². The number of aliphatic hydroxyl groups is 1. The molecule has 25 nitrogen and oxygen atoms in total. The third-order valence-electron chi connectivity index (χ3n) is 21.0. The van der Waals surface area contributed by atoms with Crippen LogP contribution in [0.1, 0.15) is 137 Å². The minimum atomic E-state index is -1.99. The van der Waals surface area contributed by atoms with Crippen molar-refractivity contribution in [3.63, 3.8) is 0 Å². The van der Waals surface area contributed by atoms with E-state index in [4.69, 9.17) is 16.3 Å². The van der Waals surface area contributed by atoms with E-state index >= 15 is 47.9 Å². The number of hydrogen-bond acceptors (Lipinski definition) is 14. The largest absolute Gasteiger partial charge is 0.387 e. The number of piperidine rings is 1. The van der Waals surface area contributed by atoms with Crippen LogP contribution in [0.15, 0.2) is 96.2 Å². The van der Waals surface area contributed by atoms with Crippen molar-refractivity contribution in [2.45, 2.75) is 211 Å². The number of likely N-dealkylation sites (N-methyl/N-ethyl adjacent to an activating group) is 6. The van der Waals surface area contributed by atoms with Gasteiger partial charge in [0, 0.05) is 98.3 Å². The minimum Gasteiger partial charge on any atom is -0.387 e. The zero-order valence-corrected chi connectivity index (χ0v) is 64.4. The molecule has 2 saturated heterocycles. The van der Waals surface area contributed by atoms with E-state index in [0.717, 1.165) is 4.90 Å². The van der Waals surface area contributed by atoms with Crippen LogP contribution in [0, 0.1) is 17.8 Å². The summed E-state index contributed by atoms with van der Waals surface area (Å²) in [6, 6.07) is 13.2. The van der Waals surface area contributed by atoms with Crippen molar-refractivity contribution in [3.8, 4) is 0 Å². The summed E-state index contributed by atoms with van der Waals surface area (Å²) >= 11 is 6.61. The SMILES string of the molecule is CC(C)C[C@H]1C(=O)N(C)[C@H]2CC(=O)N3CCC[C@@H]3C(=O)N[C@@H](Cc3ccccc3)C(=O)N[C@@H](COC(C)(C)C)/C(=C3\CCCN(C3)C2=O)N(C)[C@@H](CC(C)C)C(=O)N[C@]2(C[C@@]2(C)O)C(=O)N(C)CC(=O)N(C)[C@@H](C(C)C)C(=O)N[C@@H](Cc2ccccc2)C(=O)N(C)[C@@H](Cc2cccc(Cl)c2)C(=O)N1C. The molecule has 3 aromatic rings. The lowest BCUT2D eigenvalue weighted by Gasteiger charge is -2.43. The van der Waals surface area contributed by atoms with Crippen LogP contribution in [0.3, 0.4) is 0 Å². The van der Waals surface area contributed by atoms with Gasteiger partial charge in [0.05, 0.1) is 36.8 Å². The van der Waals surface area contributed by atoms with Crippen molar-refractivity contribution in [1.29, 1.82) is 0 Å². The number of rotatable bonds is 13. The number of amides is 11. The maximum atomic E-state index is 16.2. The molecule has 0 radical (unpaired) electrons. The summed E-state index contributed by atoms with van der Waals surface area (Å²) in [5.74, 6) is -8.62. The molecule has 4 bridgehead atoms. The predicted octanol–water partition coefficient (Wildman–Crippen LogP) is 4.75.